The summed E-state index contributed by atoms with van der Waals surface area (Å²) in [6, 6.07) is 1.62. The van der Waals surface area contributed by atoms with E-state index in [1.165, 1.54) is 0 Å². The Morgan fingerprint density at radius 2 is 1.94 bits per heavy atom. The van der Waals surface area contributed by atoms with Gasteiger partial charge in [-0.05, 0) is 28.1 Å². The standard InChI is InChI=1S/C9H9BrF2O3S/c1-16(14,15)4-9(13)5-2-8(12)6(10)3-7(5)11/h2-3,9,13H,4H2,1H3. The van der Waals surface area contributed by atoms with E-state index in [0.29, 0.717) is 0 Å². The predicted octanol–water partition coefficient (Wildman–Crippen LogP) is 1.81. The predicted molar refractivity (Wildman–Crippen MR) is 58.7 cm³/mol. The maximum Gasteiger partial charge on any atom is 0.150 e. The van der Waals surface area contributed by atoms with E-state index < -0.39 is 33.3 Å². The Morgan fingerprint density at radius 3 is 2.44 bits per heavy atom. The van der Waals surface area contributed by atoms with E-state index in [0.717, 1.165) is 18.4 Å². The molecule has 7 heteroatoms. The molecular weight excluding hydrogens is 306 g/mol. The molecule has 1 aromatic rings. The highest BCUT2D eigenvalue weighted by Crippen LogP contribution is 2.24. The molecule has 1 unspecified atom stereocenters. The first-order valence-electron chi connectivity index (χ1n) is 4.21. The van der Waals surface area contributed by atoms with Gasteiger partial charge in [0.2, 0.25) is 0 Å². The normalized spacial score (nSPS) is 13.8. The quantitative estimate of drug-likeness (QED) is 0.866. The average Bonchev–Trinajstić information content (AvgIpc) is 2.08. The van der Waals surface area contributed by atoms with Crippen molar-refractivity contribution in [2.75, 3.05) is 12.0 Å². The van der Waals surface area contributed by atoms with Crippen LogP contribution in [0.25, 0.3) is 0 Å². The van der Waals surface area contributed by atoms with Crippen molar-refractivity contribution < 1.29 is 22.3 Å². The minimum absolute atomic E-state index is 0.0831. The van der Waals surface area contributed by atoms with Gasteiger partial charge in [-0.3, -0.25) is 0 Å². The van der Waals surface area contributed by atoms with Crippen molar-refractivity contribution in [2.45, 2.75) is 6.10 Å². The first-order valence-corrected chi connectivity index (χ1v) is 7.06. The SMILES string of the molecule is CS(=O)(=O)CC(O)c1cc(F)c(Br)cc1F. The van der Waals surface area contributed by atoms with E-state index >= 15 is 0 Å². The Bertz CT molecular complexity index is 502. The topological polar surface area (TPSA) is 54.4 Å². The van der Waals surface area contributed by atoms with Gasteiger partial charge < -0.3 is 5.11 Å². The Morgan fingerprint density at radius 1 is 1.38 bits per heavy atom. The number of aliphatic hydroxyl groups is 1. The third-order valence-corrected chi connectivity index (χ3v) is 3.39. The second-order valence-corrected chi connectivity index (χ2v) is 6.44. The maximum absolute atomic E-state index is 13.3. The van der Waals surface area contributed by atoms with Gasteiger partial charge in [0, 0.05) is 11.8 Å². The molecule has 1 rings (SSSR count). The summed E-state index contributed by atoms with van der Waals surface area (Å²) in [6.07, 6.45) is -0.666. The van der Waals surface area contributed by atoms with Crippen LogP contribution in [0.3, 0.4) is 0 Å². The molecule has 0 saturated carbocycles. The number of rotatable bonds is 3. The molecule has 0 fully saturated rings. The summed E-state index contributed by atoms with van der Waals surface area (Å²) in [6.45, 7) is 0. The Hall–Kier alpha value is -0.530. The van der Waals surface area contributed by atoms with E-state index in [1.54, 1.807) is 0 Å². The van der Waals surface area contributed by atoms with Crippen LogP contribution in [0.5, 0.6) is 0 Å². The lowest BCUT2D eigenvalue weighted by Gasteiger charge is -2.11. The third-order valence-electron chi connectivity index (χ3n) is 1.86. The van der Waals surface area contributed by atoms with E-state index in [9.17, 15) is 22.3 Å². The van der Waals surface area contributed by atoms with Crippen LogP contribution in [-0.4, -0.2) is 25.5 Å². The van der Waals surface area contributed by atoms with Crippen LogP contribution in [0.15, 0.2) is 16.6 Å². The van der Waals surface area contributed by atoms with E-state index in [1.807, 2.05) is 0 Å². The lowest BCUT2D eigenvalue weighted by atomic mass is 10.1. The highest BCUT2D eigenvalue weighted by molar-refractivity contribution is 9.10. The molecule has 0 aliphatic carbocycles. The number of benzene rings is 1. The summed E-state index contributed by atoms with van der Waals surface area (Å²) in [5, 5.41) is 9.45. The van der Waals surface area contributed by atoms with Gasteiger partial charge in [0.1, 0.15) is 21.5 Å². The van der Waals surface area contributed by atoms with Crippen molar-refractivity contribution in [1.29, 1.82) is 0 Å². The van der Waals surface area contributed by atoms with Gasteiger partial charge in [-0.2, -0.15) is 0 Å². The summed E-state index contributed by atoms with van der Waals surface area (Å²) in [5.41, 5.74) is -0.369. The van der Waals surface area contributed by atoms with Crippen molar-refractivity contribution in [3.63, 3.8) is 0 Å². The first kappa shape index (κ1) is 13.5. The molecule has 0 amide bonds. The number of hydrogen-bond donors (Lipinski definition) is 1. The molecule has 0 saturated heterocycles. The maximum atomic E-state index is 13.3. The van der Waals surface area contributed by atoms with Crippen LogP contribution >= 0.6 is 15.9 Å². The highest BCUT2D eigenvalue weighted by Gasteiger charge is 2.19. The second-order valence-electron chi connectivity index (χ2n) is 3.40. The average molecular weight is 315 g/mol. The van der Waals surface area contributed by atoms with Crippen LogP contribution in [-0.2, 0) is 9.84 Å². The van der Waals surface area contributed by atoms with Crippen LogP contribution in [0.1, 0.15) is 11.7 Å². The van der Waals surface area contributed by atoms with Crippen LogP contribution in [0.2, 0.25) is 0 Å². The lowest BCUT2D eigenvalue weighted by Crippen LogP contribution is -2.14. The van der Waals surface area contributed by atoms with Gasteiger partial charge in [-0.1, -0.05) is 0 Å². The fourth-order valence-corrected chi connectivity index (χ4v) is 2.24. The lowest BCUT2D eigenvalue weighted by molar-refractivity contribution is 0.196. The fraction of sp³-hybridized carbons (Fsp3) is 0.333. The fourth-order valence-electron chi connectivity index (χ4n) is 1.17. The van der Waals surface area contributed by atoms with E-state index in [2.05, 4.69) is 15.9 Å². The molecule has 1 aromatic carbocycles. The summed E-state index contributed by atoms with van der Waals surface area (Å²) in [5.74, 6) is -2.27. The van der Waals surface area contributed by atoms with Crippen molar-refractivity contribution in [3.8, 4) is 0 Å². The van der Waals surface area contributed by atoms with Crippen LogP contribution in [0.4, 0.5) is 8.78 Å². The molecule has 0 bridgehead atoms. The van der Waals surface area contributed by atoms with Crippen molar-refractivity contribution in [1.82, 2.24) is 0 Å². The molecule has 0 radical (unpaired) electrons. The number of aliphatic hydroxyl groups excluding tert-OH is 1. The van der Waals surface area contributed by atoms with Gasteiger partial charge in [0.05, 0.1) is 16.3 Å². The van der Waals surface area contributed by atoms with E-state index in [4.69, 9.17) is 0 Å². The van der Waals surface area contributed by atoms with Crippen molar-refractivity contribution in [3.05, 3.63) is 33.8 Å². The number of halogens is 3. The molecule has 0 aliphatic rings. The van der Waals surface area contributed by atoms with E-state index in [-0.39, 0.29) is 10.0 Å². The zero-order valence-corrected chi connectivity index (χ0v) is 10.6. The molecule has 0 spiro atoms. The molecule has 16 heavy (non-hydrogen) atoms. The monoisotopic (exact) mass is 314 g/mol. The Labute approximate surface area is 100 Å². The highest BCUT2D eigenvalue weighted by atomic mass is 79.9. The van der Waals surface area contributed by atoms with Crippen LogP contribution < -0.4 is 0 Å². The van der Waals surface area contributed by atoms with Crippen molar-refractivity contribution >= 4 is 25.8 Å². The van der Waals surface area contributed by atoms with Crippen molar-refractivity contribution in [2.24, 2.45) is 0 Å². The minimum atomic E-state index is -3.46. The molecule has 0 aliphatic heterocycles. The summed E-state index contributed by atoms with van der Waals surface area (Å²) >= 11 is 2.78. The molecule has 90 valence electrons. The molecule has 0 heterocycles. The number of sulfone groups is 1. The zero-order valence-electron chi connectivity index (χ0n) is 8.25. The van der Waals surface area contributed by atoms with Gasteiger partial charge in [-0.25, -0.2) is 17.2 Å². The second kappa shape index (κ2) is 4.77. The molecule has 1 atom stereocenters. The third kappa shape index (κ3) is 3.50. The minimum Gasteiger partial charge on any atom is -0.387 e. The number of hydrogen-bond acceptors (Lipinski definition) is 3. The van der Waals surface area contributed by atoms with Gasteiger partial charge >= 0.3 is 0 Å². The first-order chi connectivity index (χ1) is 7.20. The summed E-state index contributed by atoms with van der Waals surface area (Å²) in [7, 11) is -3.46. The molecular formula is C9H9BrF2O3S. The summed E-state index contributed by atoms with van der Waals surface area (Å²) in [4.78, 5) is 0. The van der Waals surface area contributed by atoms with Gasteiger partial charge in [0.15, 0.2) is 0 Å². The van der Waals surface area contributed by atoms with Gasteiger partial charge in [-0.15, -0.1) is 0 Å². The largest absolute Gasteiger partial charge is 0.387 e. The molecule has 1 N–H and O–H groups in total. The smallest absolute Gasteiger partial charge is 0.150 e. The van der Waals surface area contributed by atoms with Gasteiger partial charge in [0.25, 0.3) is 0 Å². The Balaban J connectivity index is 3.09. The molecule has 0 aromatic heterocycles. The zero-order chi connectivity index (χ0) is 12.5. The molecule has 3 nitrogen and oxygen atoms in total. The summed E-state index contributed by atoms with van der Waals surface area (Å²) < 4.78 is 48.1. The Kier molecular flexibility index (Phi) is 4.03. The van der Waals surface area contributed by atoms with Crippen LogP contribution in [0, 0.1) is 11.6 Å².